The van der Waals surface area contributed by atoms with Crippen molar-refractivity contribution >= 4 is 27.8 Å². The molecule has 0 aliphatic heterocycles. The minimum absolute atomic E-state index is 0.826. The Balaban J connectivity index is 0.000000188. The van der Waals surface area contributed by atoms with Crippen LogP contribution in [0.25, 0.3) is 10.8 Å². The fourth-order valence-corrected chi connectivity index (χ4v) is 1.86. The molecule has 0 atom stereocenters. The maximum absolute atomic E-state index is 4.93. The van der Waals surface area contributed by atoms with Gasteiger partial charge in [0.05, 0.1) is 0 Å². The van der Waals surface area contributed by atoms with Crippen molar-refractivity contribution in [2.24, 2.45) is 0 Å². The third-order valence-corrected chi connectivity index (χ3v) is 2.80. The summed E-state index contributed by atoms with van der Waals surface area (Å²) in [6.07, 6.45) is 0. The smallest absolute Gasteiger partial charge is 0.172 e. The maximum atomic E-state index is 4.93. The largest absolute Gasteiger partial charge is 0.214 e. The summed E-state index contributed by atoms with van der Waals surface area (Å²) >= 11 is -0.826. The first-order valence-electron chi connectivity index (χ1n) is 5.95. The molecular formula is C16H16Cl2Zr. The van der Waals surface area contributed by atoms with Gasteiger partial charge in [0.15, 0.2) is 0 Å². The van der Waals surface area contributed by atoms with Crippen LogP contribution in [0.2, 0.25) is 0 Å². The van der Waals surface area contributed by atoms with Gasteiger partial charge < -0.3 is 0 Å². The van der Waals surface area contributed by atoms with Crippen molar-refractivity contribution in [3.8, 4) is 0 Å². The molecule has 3 rings (SSSR count). The summed E-state index contributed by atoms with van der Waals surface area (Å²) in [6, 6.07) is 20.8. The predicted octanol–water partition coefficient (Wildman–Crippen LogP) is 5.96. The SMILES string of the molecule is Cc1cccc2c1cc[c-]2C.[Cl][Zr+2][Cl].c1cc[cH-]c1. The van der Waals surface area contributed by atoms with Crippen LogP contribution in [0.3, 0.4) is 0 Å². The first-order valence-corrected chi connectivity index (χ1v) is 12.3. The molecule has 0 saturated heterocycles. The van der Waals surface area contributed by atoms with Gasteiger partial charge in [0.2, 0.25) is 0 Å². The Morgan fingerprint density at radius 2 is 1.68 bits per heavy atom. The quantitative estimate of drug-likeness (QED) is 0.429. The monoisotopic (exact) mass is 368 g/mol. The topological polar surface area (TPSA) is 0 Å². The van der Waals surface area contributed by atoms with E-state index < -0.39 is 20.8 Å². The second-order valence-corrected chi connectivity index (χ2v) is 7.82. The van der Waals surface area contributed by atoms with E-state index in [0.29, 0.717) is 0 Å². The molecule has 0 aliphatic carbocycles. The molecule has 3 heteroatoms. The van der Waals surface area contributed by atoms with Crippen molar-refractivity contribution in [2.45, 2.75) is 13.8 Å². The van der Waals surface area contributed by atoms with E-state index in [0.717, 1.165) is 0 Å². The van der Waals surface area contributed by atoms with Crippen LogP contribution < -0.4 is 0 Å². The summed E-state index contributed by atoms with van der Waals surface area (Å²) in [5.74, 6) is 0. The van der Waals surface area contributed by atoms with Crippen molar-refractivity contribution in [3.63, 3.8) is 0 Å². The van der Waals surface area contributed by atoms with Crippen molar-refractivity contribution < 1.29 is 20.8 Å². The van der Waals surface area contributed by atoms with Gasteiger partial charge in [-0.25, -0.2) is 12.1 Å². The van der Waals surface area contributed by atoms with Crippen molar-refractivity contribution in [1.82, 2.24) is 0 Å². The van der Waals surface area contributed by atoms with Gasteiger partial charge in [-0.1, -0.05) is 18.6 Å². The van der Waals surface area contributed by atoms with Gasteiger partial charge in [-0.05, 0) is 6.92 Å². The molecule has 98 valence electrons. The fourth-order valence-electron chi connectivity index (χ4n) is 1.86. The number of hydrogen-bond acceptors (Lipinski definition) is 0. The summed E-state index contributed by atoms with van der Waals surface area (Å²) < 4.78 is 0. The Hall–Kier alpha value is -0.357. The number of hydrogen-bond donors (Lipinski definition) is 0. The van der Waals surface area contributed by atoms with Gasteiger partial charge in [0.25, 0.3) is 0 Å². The first kappa shape index (κ1) is 16.7. The zero-order valence-electron chi connectivity index (χ0n) is 11.0. The Morgan fingerprint density at radius 1 is 1.05 bits per heavy atom. The van der Waals surface area contributed by atoms with Crippen LogP contribution in [0, 0.1) is 13.8 Å². The van der Waals surface area contributed by atoms with Crippen LogP contribution in [0.4, 0.5) is 0 Å². The van der Waals surface area contributed by atoms with E-state index in [1.165, 1.54) is 21.9 Å². The number of benzene rings is 1. The molecule has 0 N–H and O–H groups in total. The zero-order chi connectivity index (χ0) is 14.1. The molecule has 0 amide bonds. The van der Waals surface area contributed by atoms with Gasteiger partial charge in [-0.3, -0.25) is 0 Å². The molecule has 0 radical (unpaired) electrons. The summed E-state index contributed by atoms with van der Waals surface area (Å²) in [4.78, 5) is 0. The van der Waals surface area contributed by atoms with Gasteiger partial charge in [-0.15, -0.1) is 28.5 Å². The average molecular weight is 370 g/mol. The van der Waals surface area contributed by atoms with Crippen LogP contribution in [0.15, 0.2) is 60.7 Å². The Morgan fingerprint density at radius 3 is 2.16 bits per heavy atom. The normalized spacial score (nSPS) is 8.84. The van der Waals surface area contributed by atoms with Crippen molar-refractivity contribution in [3.05, 3.63) is 71.8 Å². The third kappa shape index (κ3) is 5.65. The molecule has 19 heavy (non-hydrogen) atoms. The Bertz CT molecular complexity index is 550. The minimum atomic E-state index is -0.826. The van der Waals surface area contributed by atoms with Gasteiger partial charge >= 0.3 is 37.9 Å². The summed E-state index contributed by atoms with van der Waals surface area (Å²) in [7, 11) is 9.87. The molecule has 0 aromatic heterocycles. The van der Waals surface area contributed by atoms with E-state index >= 15 is 0 Å². The maximum Gasteiger partial charge on any atom is -0.172 e. The number of aryl methyl sites for hydroxylation is 2. The first-order chi connectivity index (χ1) is 9.20. The molecule has 3 aromatic rings. The van der Waals surface area contributed by atoms with Crippen LogP contribution in [-0.2, 0) is 20.8 Å². The van der Waals surface area contributed by atoms with E-state index in [9.17, 15) is 0 Å². The number of halogens is 2. The van der Waals surface area contributed by atoms with E-state index in [1.807, 2.05) is 30.3 Å². The predicted molar refractivity (Wildman–Crippen MR) is 82.8 cm³/mol. The summed E-state index contributed by atoms with van der Waals surface area (Å²) in [6.45, 7) is 4.31. The molecule has 0 fully saturated rings. The molecule has 0 saturated carbocycles. The fraction of sp³-hybridized carbons (Fsp3) is 0.125. The van der Waals surface area contributed by atoms with Crippen LogP contribution in [-0.4, -0.2) is 0 Å². The summed E-state index contributed by atoms with van der Waals surface area (Å²) in [5, 5.41) is 2.79. The minimum Gasteiger partial charge on any atom is -0.214 e. The standard InChI is InChI=1S/C11H11.C5H5.2ClH.Zr/c1-8-4-3-5-10-9(2)6-7-11(8)10;1-2-4-5-3-1;;;/h3-7H,1-2H3;1-5H;2*1H;/q2*-1;;;+4/p-2. The van der Waals surface area contributed by atoms with Gasteiger partial charge in [0, 0.05) is 0 Å². The molecule has 0 aliphatic rings. The number of rotatable bonds is 0. The van der Waals surface area contributed by atoms with Crippen molar-refractivity contribution in [1.29, 1.82) is 0 Å². The van der Waals surface area contributed by atoms with E-state index in [1.54, 1.807) is 0 Å². The molecule has 0 heterocycles. The molecule has 0 spiro atoms. The number of fused-ring (bicyclic) bond motifs is 1. The zero-order valence-corrected chi connectivity index (χ0v) is 15.0. The third-order valence-electron chi connectivity index (χ3n) is 2.80. The molecular weight excluding hydrogens is 354 g/mol. The Labute approximate surface area is 133 Å². The van der Waals surface area contributed by atoms with Gasteiger partial charge in [0.1, 0.15) is 0 Å². The van der Waals surface area contributed by atoms with Crippen LogP contribution in [0.1, 0.15) is 11.1 Å². The molecule has 0 unspecified atom stereocenters. The second kappa shape index (κ2) is 9.53. The van der Waals surface area contributed by atoms with Crippen LogP contribution in [0.5, 0.6) is 0 Å². The molecule has 3 aromatic carbocycles. The van der Waals surface area contributed by atoms with Crippen LogP contribution >= 0.6 is 17.0 Å². The van der Waals surface area contributed by atoms with E-state index in [2.05, 4.69) is 44.2 Å². The van der Waals surface area contributed by atoms with E-state index in [4.69, 9.17) is 17.0 Å². The van der Waals surface area contributed by atoms with E-state index in [-0.39, 0.29) is 0 Å². The second-order valence-electron chi connectivity index (χ2n) is 4.09. The Kier molecular flexibility index (Phi) is 8.38. The molecule has 0 bridgehead atoms. The average Bonchev–Trinajstić information content (AvgIpc) is 3.05. The van der Waals surface area contributed by atoms with Gasteiger partial charge in [-0.2, -0.15) is 30.3 Å². The van der Waals surface area contributed by atoms with Crippen molar-refractivity contribution in [2.75, 3.05) is 0 Å². The summed E-state index contributed by atoms with van der Waals surface area (Å²) in [5.41, 5.74) is 2.75. The molecule has 0 nitrogen and oxygen atoms in total.